The molecule has 352 valence electrons. The Morgan fingerprint density at radius 1 is 0.493 bits per heavy atom. The third-order valence-electron chi connectivity index (χ3n) is 11.5. The number of ether oxygens (including phenoxy) is 4. The van der Waals surface area contributed by atoms with Gasteiger partial charge in [-0.1, -0.05) is 141 Å². The number of hydrogen-bond acceptors (Lipinski definition) is 12. The Morgan fingerprint density at radius 2 is 0.806 bits per heavy atom. The van der Waals surface area contributed by atoms with Crippen molar-refractivity contribution in [2.45, 2.75) is 121 Å². The molecule has 2 fully saturated rings. The van der Waals surface area contributed by atoms with Gasteiger partial charge in [0.2, 0.25) is 11.8 Å². The normalized spacial score (nSPS) is 18.5. The minimum atomic E-state index is -1.35. The van der Waals surface area contributed by atoms with E-state index in [4.69, 9.17) is 18.9 Å². The molecule has 2 aliphatic rings. The molecule has 2 N–H and O–H groups in total. The number of rotatable bonds is 22. The van der Waals surface area contributed by atoms with Crippen LogP contribution in [0.2, 0.25) is 0 Å². The van der Waals surface area contributed by atoms with Crippen molar-refractivity contribution >= 4 is 47.8 Å². The van der Waals surface area contributed by atoms with Crippen LogP contribution < -0.4 is 10.6 Å². The molecule has 2 saturated heterocycles. The fourth-order valence-electron chi connectivity index (χ4n) is 7.95. The van der Waals surface area contributed by atoms with Crippen LogP contribution in [0.25, 0.3) is 0 Å². The average molecular weight is 917 g/mol. The van der Waals surface area contributed by atoms with Crippen LogP contribution in [0.15, 0.2) is 121 Å². The van der Waals surface area contributed by atoms with E-state index in [1.54, 1.807) is 97.1 Å². The fourth-order valence-corrected chi connectivity index (χ4v) is 7.95. The molecule has 0 unspecified atom stereocenters. The zero-order valence-corrected chi connectivity index (χ0v) is 37.6. The Kier molecular flexibility index (Phi) is 17.8. The van der Waals surface area contributed by atoms with Gasteiger partial charge in [0.25, 0.3) is 11.8 Å². The first-order chi connectivity index (χ1) is 32.4. The lowest BCUT2D eigenvalue weighted by Crippen LogP contribution is -2.55. The molecule has 0 saturated carbocycles. The molecule has 16 nitrogen and oxygen atoms in total. The van der Waals surface area contributed by atoms with Gasteiger partial charge in [-0.15, -0.1) is 0 Å². The van der Waals surface area contributed by atoms with Crippen LogP contribution in [0.1, 0.15) is 81.0 Å². The van der Waals surface area contributed by atoms with Crippen LogP contribution in [-0.2, 0) is 73.8 Å². The summed E-state index contributed by atoms with van der Waals surface area (Å²) < 4.78 is 21.6. The molecule has 0 spiro atoms. The highest BCUT2D eigenvalue weighted by Crippen LogP contribution is 2.25. The average Bonchev–Trinajstić information content (AvgIpc) is 3.81. The van der Waals surface area contributed by atoms with Crippen LogP contribution in [0, 0.1) is 0 Å². The number of carbonyl (C=O) groups excluding carboxylic acids is 8. The lowest BCUT2D eigenvalue weighted by molar-refractivity contribution is -0.154. The second kappa shape index (κ2) is 24.2. The van der Waals surface area contributed by atoms with Crippen LogP contribution >= 0.6 is 0 Å². The minimum Gasteiger partial charge on any atom is -0.459 e. The number of nitrogens with zero attached hydrogens (tertiary/aromatic N) is 2. The van der Waals surface area contributed by atoms with E-state index < -0.39 is 84.1 Å². The van der Waals surface area contributed by atoms with Crippen molar-refractivity contribution in [3.63, 3.8) is 0 Å². The summed E-state index contributed by atoms with van der Waals surface area (Å²) in [5, 5.41) is 5.55. The lowest BCUT2D eigenvalue weighted by atomic mass is 10.0. The molecule has 0 bridgehead atoms. The van der Waals surface area contributed by atoms with Gasteiger partial charge in [0.05, 0.1) is 0 Å². The summed E-state index contributed by atoms with van der Waals surface area (Å²) in [6, 6.07) is 30.8. The topological polar surface area (TPSA) is 204 Å². The van der Waals surface area contributed by atoms with Gasteiger partial charge in [0.15, 0.2) is 12.1 Å². The van der Waals surface area contributed by atoms with E-state index in [1.165, 1.54) is 13.8 Å². The van der Waals surface area contributed by atoms with E-state index in [2.05, 4.69) is 10.6 Å². The van der Waals surface area contributed by atoms with Crippen LogP contribution in [-0.4, -0.2) is 93.9 Å². The van der Waals surface area contributed by atoms with E-state index in [0.29, 0.717) is 32.1 Å². The molecule has 2 heterocycles. The minimum absolute atomic E-state index is 0.0539. The van der Waals surface area contributed by atoms with E-state index in [-0.39, 0.29) is 38.9 Å². The molecular weight excluding hydrogens is 861 g/mol. The highest BCUT2D eigenvalue weighted by atomic mass is 16.6. The monoisotopic (exact) mass is 916 g/mol. The lowest BCUT2D eigenvalue weighted by Gasteiger charge is -2.26. The standard InChI is InChI=1S/C51H56N4O12/c1-34-44(48(60)64-32-38-24-14-8-15-25-38)54(50(62)66-34)46(58)40(30-36-20-10-6-11-21-36)52-42(56)28-18-4-3-5-19-29-43(57)53-41(31-37-22-12-7-13-23-37)47(59)55-45(35(2)67-51(55)63)49(61)65-33-39-26-16-9-17-27-39/h6-17,20-27,34-35,40-41,44-45H,3-5,18-19,28-33H2,1-2H3,(H,52,56)(H,53,57)/t34-,35-,40-,41-,44+,45+/m0/s1. The number of cyclic esters (lactones) is 2. The van der Waals surface area contributed by atoms with Crippen molar-refractivity contribution in [3.05, 3.63) is 144 Å². The van der Waals surface area contributed by atoms with Gasteiger partial charge >= 0.3 is 24.1 Å². The molecule has 6 atom stereocenters. The smallest absolute Gasteiger partial charge is 0.417 e. The van der Waals surface area contributed by atoms with Gasteiger partial charge in [-0.05, 0) is 48.9 Å². The van der Waals surface area contributed by atoms with Crippen LogP contribution in [0.3, 0.4) is 0 Å². The molecule has 0 aliphatic carbocycles. The Bertz CT molecular complexity index is 2170. The highest BCUT2D eigenvalue weighted by molar-refractivity contribution is 6.03. The summed E-state index contributed by atoms with van der Waals surface area (Å²) in [5.41, 5.74) is 2.89. The molecule has 6 amide bonds. The first kappa shape index (κ1) is 49.1. The zero-order valence-electron chi connectivity index (χ0n) is 37.6. The van der Waals surface area contributed by atoms with Crippen LogP contribution in [0.4, 0.5) is 9.59 Å². The van der Waals surface area contributed by atoms with Gasteiger partial charge in [0.1, 0.15) is 37.5 Å². The van der Waals surface area contributed by atoms with Crippen molar-refractivity contribution in [1.82, 2.24) is 20.4 Å². The third kappa shape index (κ3) is 13.8. The number of esters is 2. The Morgan fingerprint density at radius 3 is 1.15 bits per heavy atom. The second-order valence-corrected chi connectivity index (χ2v) is 16.6. The van der Waals surface area contributed by atoms with E-state index in [0.717, 1.165) is 32.1 Å². The molecule has 0 aromatic heterocycles. The van der Waals surface area contributed by atoms with Crippen molar-refractivity contribution in [1.29, 1.82) is 0 Å². The molecule has 16 heteroatoms. The quantitative estimate of drug-likeness (QED) is 0.0519. The maximum atomic E-state index is 14.0. The first-order valence-corrected chi connectivity index (χ1v) is 22.5. The number of imide groups is 2. The van der Waals surface area contributed by atoms with Crippen molar-refractivity contribution < 1.29 is 57.3 Å². The van der Waals surface area contributed by atoms with Crippen LogP contribution in [0.5, 0.6) is 0 Å². The molecule has 0 radical (unpaired) electrons. The van der Waals surface area contributed by atoms with Gasteiger partial charge in [-0.3, -0.25) is 19.2 Å². The molecule has 2 aliphatic heterocycles. The number of carbonyl (C=O) groups is 8. The summed E-state index contributed by atoms with van der Waals surface area (Å²) >= 11 is 0. The maximum absolute atomic E-state index is 14.0. The van der Waals surface area contributed by atoms with E-state index >= 15 is 0 Å². The Labute approximate surface area is 389 Å². The molecule has 4 aromatic rings. The third-order valence-corrected chi connectivity index (χ3v) is 11.5. The molecule has 67 heavy (non-hydrogen) atoms. The Balaban J connectivity index is 0.984. The van der Waals surface area contributed by atoms with E-state index in [9.17, 15) is 38.4 Å². The predicted molar refractivity (Wildman–Crippen MR) is 242 cm³/mol. The van der Waals surface area contributed by atoms with Gasteiger partial charge in [-0.25, -0.2) is 29.0 Å². The fraction of sp³-hybridized carbons (Fsp3) is 0.373. The van der Waals surface area contributed by atoms with E-state index in [1.807, 2.05) is 24.3 Å². The predicted octanol–water partition coefficient (Wildman–Crippen LogP) is 6.13. The highest BCUT2D eigenvalue weighted by Gasteiger charge is 2.51. The van der Waals surface area contributed by atoms with Crippen molar-refractivity contribution in [3.8, 4) is 0 Å². The molecule has 4 aromatic carbocycles. The van der Waals surface area contributed by atoms with Gasteiger partial charge in [0, 0.05) is 25.7 Å². The van der Waals surface area contributed by atoms with Gasteiger partial charge in [-0.2, -0.15) is 0 Å². The number of nitrogens with one attached hydrogen (secondary N) is 2. The maximum Gasteiger partial charge on any atom is 0.417 e. The summed E-state index contributed by atoms with van der Waals surface area (Å²) in [6.07, 6.45) is -0.848. The number of amides is 6. The number of benzene rings is 4. The summed E-state index contributed by atoms with van der Waals surface area (Å²) in [6.45, 7) is 2.86. The molecule has 6 rings (SSSR count). The number of unbranched alkanes of at least 4 members (excludes halogenated alkanes) is 4. The van der Waals surface area contributed by atoms with Crippen molar-refractivity contribution in [2.24, 2.45) is 0 Å². The van der Waals surface area contributed by atoms with Gasteiger partial charge < -0.3 is 29.6 Å². The largest absolute Gasteiger partial charge is 0.459 e. The first-order valence-electron chi connectivity index (χ1n) is 22.5. The number of hydrogen-bond donors (Lipinski definition) is 2. The Hall–Kier alpha value is -7.36. The second-order valence-electron chi connectivity index (χ2n) is 16.6. The summed E-state index contributed by atoms with van der Waals surface area (Å²) in [7, 11) is 0. The zero-order chi connectivity index (χ0) is 47.7. The summed E-state index contributed by atoms with van der Waals surface area (Å²) in [5.74, 6) is -4.06. The van der Waals surface area contributed by atoms with Crippen molar-refractivity contribution in [2.75, 3.05) is 0 Å². The molecular formula is C51H56N4O12. The SMILES string of the molecule is C[C@@H]1OC(=O)N(C(=O)[C@H](Cc2ccccc2)NC(=O)CCCCCCCC(=O)N[C@@H](Cc2ccccc2)C(=O)N2C(=O)O[C@@H](C)[C@@H]2C(=O)OCc2ccccc2)[C@H]1C(=O)OCc1ccccc1. The summed E-state index contributed by atoms with van der Waals surface area (Å²) in [4.78, 5) is 109.